The fourth-order valence-corrected chi connectivity index (χ4v) is 5.21. The van der Waals surface area contributed by atoms with E-state index in [0.717, 1.165) is 22.3 Å². The van der Waals surface area contributed by atoms with E-state index in [4.69, 9.17) is 42.6 Å². The Morgan fingerprint density at radius 3 is 1.50 bits per heavy atom. The van der Waals surface area contributed by atoms with Gasteiger partial charge in [-0.3, -0.25) is 4.79 Å². The van der Waals surface area contributed by atoms with E-state index >= 15 is 0 Å². The van der Waals surface area contributed by atoms with Gasteiger partial charge in [0.2, 0.25) is 5.91 Å². The molecule has 0 unspecified atom stereocenters. The molecule has 1 aliphatic rings. The number of carbonyl (C=O) groups is 3. The first-order valence-corrected chi connectivity index (χ1v) is 17.7. The predicted octanol–water partition coefficient (Wildman–Crippen LogP) is 2.64. The lowest BCUT2D eigenvalue weighted by molar-refractivity contribution is -0.139. The number of amides is 2. The van der Waals surface area contributed by atoms with Gasteiger partial charge in [0, 0.05) is 26.0 Å². The Hall–Kier alpha value is -3.67. The number of carboxylic acid groups (broad SMARTS) is 1. The standard InChI is InChI=1S/C37H54N2O13/c1-44-14-15-46-18-19-48-22-23-50-26-27-51-25-24-49-21-20-47-17-16-45-13-11-35(40)38-12-10-34(36(41)42)39-37(43)52-28-33-31-8-4-2-6-29(31)30-7-3-5-9-32(30)33/h2-9,33-34H,10-28H2,1H3,(H,38,40)(H,39,43)(H,41,42)/t34-/m0/s1. The smallest absolute Gasteiger partial charge is 0.407 e. The highest BCUT2D eigenvalue weighted by Gasteiger charge is 2.29. The second kappa shape index (κ2) is 27.0. The van der Waals surface area contributed by atoms with Crippen molar-refractivity contribution in [1.29, 1.82) is 0 Å². The van der Waals surface area contributed by atoms with Crippen LogP contribution >= 0.6 is 0 Å². The lowest BCUT2D eigenvalue weighted by Crippen LogP contribution is -2.43. The van der Waals surface area contributed by atoms with E-state index in [0.29, 0.717) is 92.5 Å². The van der Waals surface area contributed by atoms with Gasteiger partial charge in [-0.25, -0.2) is 9.59 Å². The van der Waals surface area contributed by atoms with Crippen LogP contribution in [-0.2, 0) is 52.2 Å². The second-order valence-electron chi connectivity index (χ2n) is 11.5. The van der Waals surface area contributed by atoms with Crippen molar-refractivity contribution in [3.8, 4) is 11.1 Å². The number of benzene rings is 2. The van der Waals surface area contributed by atoms with E-state index < -0.39 is 18.1 Å². The molecule has 2 amide bonds. The largest absolute Gasteiger partial charge is 0.480 e. The number of nitrogens with one attached hydrogen (secondary N) is 2. The van der Waals surface area contributed by atoms with Crippen LogP contribution in [0, 0.1) is 0 Å². The molecule has 15 nitrogen and oxygen atoms in total. The summed E-state index contributed by atoms with van der Waals surface area (Å²) in [7, 11) is 1.63. The number of aliphatic carboxylic acids is 1. The van der Waals surface area contributed by atoms with Crippen LogP contribution in [0.4, 0.5) is 4.79 Å². The first-order valence-electron chi connectivity index (χ1n) is 17.7. The topological polar surface area (TPSA) is 179 Å². The van der Waals surface area contributed by atoms with E-state index in [1.807, 2.05) is 48.5 Å². The van der Waals surface area contributed by atoms with E-state index in [1.165, 1.54) is 0 Å². The lowest BCUT2D eigenvalue weighted by Gasteiger charge is -2.17. The van der Waals surface area contributed by atoms with Gasteiger partial charge >= 0.3 is 12.1 Å². The minimum atomic E-state index is -1.22. The summed E-state index contributed by atoms with van der Waals surface area (Å²) in [6, 6.07) is 14.7. The zero-order chi connectivity index (χ0) is 37.1. The van der Waals surface area contributed by atoms with Crippen LogP contribution in [0.1, 0.15) is 29.9 Å². The van der Waals surface area contributed by atoms with E-state index in [-0.39, 0.29) is 44.4 Å². The van der Waals surface area contributed by atoms with Crippen LogP contribution < -0.4 is 10.6 Å². The first-order chi connectivity index (χ1) is 25.5. The van der Waals surface area contributed by atoms with E-state index in [1.54, 1.807) is 7.11 Å². The van der Waals surface area contributed by atoms with Crippen molar-refractivity contribution in [2.45, 2.75) is 24.8 Å². The minimum Gasteiger partial charge on any atom is -0.480 e. The number of ether oxygens (including phenoxy) is 9. The Kier molecular flexibility index (Phi) is 22.2. The van der Waals surface area contributed by atoms with Crippen molar-refractivity contribution in [2.75, 3.05) is 119 Å². The molecule has 0 bridgehead atoms. The SMILES string of the molecule is COCCOCCOCCOCCOCCOCCOCCOCCC(=O)NCC[C@H](NC(=O)OCC1c2ccccc2-c2ccccc21)C(=O)O. The molecule has 0 saturated heterocycles. The lowest BCUT2D eigenvalue weighted by atomic mass is 9.98. The molecule has 1 aliphatic carbocycles. The summed E-state index contributed by atoms with van der Waals surface area (Å²) < 4.78 is 48.2. The third-order valence-corrected chi connectivity index (χ3v) is 7.83. The number of carbonyl (C=O) groups excluding carboxylic acids is 2. The molecule has 0 fully saturated rings. The summed E-state index contributed by atoms with van der Waals surface area (Å²) in [6.45, 7) is 6.83. The first kappa shape index (κ1) is 42.7. The summed E-state index contributed by atoms with van der Waals surface area (Å²) in [5, 5.41) is 14.6. The summed E-state index contributed by atoms with van der Waals surface area (Å²) in [6.07, 6.45) is -0.736. The molecule has 0 aliphatic heterocycles. The molecule has 0 saturated carbocycles. The second-order valence-corrected chi connectivity index (χ2v) is 11.5. The molecule has 0 spiro atoms. The van der Waals surface area contributed by atoms with Crippen molar-refractivity contribution in [1.82, 2.24) is 10.6 Å². The molecule has 2 aromatic rings. The van der Waals surface area contributed by atoms with Crippen LogP contribution in [0.2, 0.25) is 0 Å². The Labute approximate surface area is 305 Å². The highest BCUT2D eigenvalue weighted by Crippen LogP contribution is 2.44. The molecular formula is C37H54N2O13. The number of hydrogen-bond acceptors (Lipinski definition) is 12. The Morgan fingerprint density at radius 2 is 1.06 bits per heavy atom. The highest BCUT2D eigenvalue weighted by atomic mass is 16.6. The fraction of sp³-hybridized carbons (Fsp3) is 0.595. The fourth-order valence-electron chi connectivity index (χ4n) is 5.21. The van der Waals surface area contributed by atoms with Crippen LogP contribution in [0.15, 0.2) is 48.5 Å². The number of fused-ring (bicyclic) bond motifs is 3. The van der Waals surface area contributed by atoms with Gasteiger partial charge in [0.1, 0.15) is 12.6 Å². The third kappa shape index (κ3) is 17.2. The van der Waals surface area contributed by atoms with Gasteiger partial charge in [0.05, 0.1) is 99.1 Å². The quantitative estimate of drug-likeness (QED) is 0.0965. The van der Waals surface area contributed by atoms with Crippen LogP contribution in [0.5, 0.6) is 0 Å². The molecule has 0 heterocycles. The van der Waals surface area contributed by atoms with Gasteiger partial charge < -0.3 is 58.4 Å². The molecule has 3 rings (SSSR count). The average molecular weight is 735 g/mol. The molecule has 290 valence electrons. The van der Waals surface area contributed by atoms with Crippen LogP contribution in [0.25, 0.3) is 11.1 Å². The van der Waals surface area contributed by atoms with Gasteiger partial charge in [0.15, 0.2) is 0 Å². The van der Waals surface area contributed by atoms with Gasteiger partial charge in [-0.05, 0) is 28.7 Å². The predicted molar refractivity (Wildman–Crippen MR) is 189 cm³/mol. The van der Waals surface area contributed by atoms with Crippen LogP contribution in [0.3, 0.4) is 0 Å². The Bertz CT molecular complexity index is 1250. The number of methoxy groups -OCH3 is 1. The molecule has 0 radical (unpaired) electrons. The maximum Gasteiger partial charge on any atom is 0.407 e. The van der Waals surface area contributed by atoms with Crippen molar-refractivity contribution < 1.29 is 62.1 Å². The average Bonchev–Trinajstić information content (AvgIpc) is 3.47. The molecule has 1 atom stereocenters. The maximum absolute atomic E-state index is 12.5. The van der Waals surface area contributed by atoms with Gasteiger partial charge in [-0.15, -0.1) is 0 Å². The number of rotatable bonds is 31. The summed E-state index contributed by atoms with van der Waals surface area (Å²) in [5.74, 6) is -1.66. The van der Waals surface area contributed by atoms with Crippen molar-refractivity contribution in [2.24, 2.45) is 0 Å². The van der Waals surface area contributed by atoms with Gasteiger partial charge in [-0.1, -0.05) is 48.5 Å². The zero-order valence-electron chi connectivity index (χ0n) is 30.1. The van der Waals surface area contributed by atoms with Gasteiger partial charge in [0.25, 0.3) is 0 Å². The monoisotopic (exact) mass is 734 g/mol. The molecule has 3 N–H and O–H groups in total. The van der Waals surface area contributed by atoms with Crippen molar-refractivity contribution >= 4 is 18.0 Å². The Morgan fingerprint density at radius 1 is 0.635 bits per heavy atom. The van der Waals surface area contributed by atoms with Crippen molar-refractivity contribution in [3.63, 3.8) is 0 Å². The minimum absolute atomic E-state index is 0.00792. The molecular weight excluding hydrogens is 680 g/mol. The summed E-state index contributed by atoms with van der Waals surface area (Å²) >= 11 is 0. The molecule has 15 heteroatoms. The third-order valence-electron chi connectivity index (χ3n) is 7.83. The molecule has 2 aromatic carbocycles. The van der Waals surface area contributed by atoms with Crippen molar-refractivity contribution in [3.05, 3.63) is 59.7 Å². The van der Waals surface area contributed by atoms with Crippen LogP contribution in [-0.4, -0.2) is 148 Å². The number of hydrogen-bond donors (Lipinski definition) is 3. The normalized spacial score (nSPS) is 12.6. The molecule has 52 heavy (non-hydrogen) atoms. The summed E-state index contributed by atoms with van der Waals surface area (Å²) in [4.78, 5) is 36.4. The number of carboxylic acids is 1. The van der Waals surface area contributed by atoms with E-state index in [2.05, 4.69) is 10.6 Å². The van der Waals surface area contributed by atoms with Gasteiger partial charge in [-0.2, -0.15) is 0 Å². The summed E-state index contributed by atoms with van der Waals surface area (Å²) in [5.41, 5.74) is 4.31. The maximum atomic E-state index is 12.5. The zero-order valence-corrected chi connectivity index (χ0v) is 30.1. The highest BCUT2D eigenvalue weighted by molar-refractivity contribution is 5.81. The number of alkyl carbamates (subject to hydrolysis) is 1. The Balaban J connectivity index is 1.09. The molecule has 0 aromatic heterocycles. The van der Waals surface area contributed by atoms with E-state index in [9.17, 15) is 19.5 Å².